The third-order valence-electron chi connectivity index (χ3n) is 4.08. The summed E-state index contributed by atoms with van der Waals surface area (Å²) in [6.07, 6.45) is 0. The molecule has 0 atom stereocenters. The van der Waals surface area contributed by atoms with Gasteiger partial charge in [0.1, 0.15) is 0 Å². The molecule has 1 aliphatic heterocycles. The van der Waals surface area contributed by atoms with E-state index in [1.807, 2.05) is 13.8 Å². The van der Waals surface area contributed by atoms with E-state index in [9.17, 15) is 9.59 Å². The Bertz CT molecular complexity index is 783. The molecule has 0 unspecified atom stereocenters. The van der Waals surface area contributed by atoms with Crippen LogP contribution in [0, 0.1) is 0 Å². The summed E-state index contributed by atoms with van der Waals surface area (Å²) < 4.78 is 10.5. The number of carbonyl (C=O) groups excluding carboxylic acids is 2. The lowest BCUT2D eigenvalue weighted by molar-refractivity contribution is 0.0772. The van der Waals surface area contributed by atoms with E-state index in [1.165, 1.54) is 0 Å². The van der Waals surface area contributed by atoms with Gasteiger partial charge in [-0.15, -0.1) is 0 Å². The van der Waals surface area contributed by atoms with E-state index in [2.05, 4.69) is 5.32 Å². The number of nitrogens with zero attached hydrogens (tertiary/aromatic N) is 1. The lowest BCUT2D eigenvalue weighted by Gasteiger charge is -2.18. The van der Waals surface area contributed by atoms with Crippen LogP contribution in [0.1, 0.15) is 34.6 Å². The molecule has 1 aliphatic rings. The van der Waals surface area contributed by atoms with Crippen molar-refractivity contribution < 1.29 is 19.1 Å². The number of benzene rings is 2. The Morgan fingerprint density at radius 1 is 0.960 bits per heavy atom. The van der Waals surface area contributed by atoms with Gasteiger partial charge in [0.15, 0.2) is 11.5 Å². The molecule has 1 heterocycles. The van der Waals surface area contributed by atoms with Crippen LogP contribution in [0.25, 0.3) is 0 Å². The molecule has 2 aromatic rings. The smallest absolute Gasteiger partial charge is 0.255 e. The molecule has 1 N–H and O–H groups in total. The molecule has 0 aliphatic carbocycles. The highest BCUT2D eigenvalue weighted by atomic mass is 16.7. The van der Waals surface area contributed by atoms with E-state index in [-0.39, 0.29) is 18.6 Å². The van der Waals surface area contributed by atoms with Crippen molar-refractivity contribution in [2.75, 3.05) is 25.2 Å². The zero-order valence-electron chi connectivity index (χ0n) is 14.2. The maximum Gasteiger partial charge on any atom is 0.255 e. The van der Waals surface area contributed by atoms with Gasteiger partial charge in [-0.25, -0.2) is 0 Å². The average molecular weight is 340 g/mol. The molecule has 2 aromatic carbocycles. The molecule has 0 saturated heterocycles. The first kappa shape index (κ1) is 16.8. The summed E-state index contributed by atoms with van der Waals surface area (Å²) in [5, 5.41) is 2.81. The lowest BCUT2D eigenvalue weighted by atomic mass is 10.1. The van der Waals surface area contributed by atoms with Crippen LogP contribution >= 0.6 is 0 Å². The summed E-state index contributed by atoms with van der Waals surface area (Å²) in [5.74, 6) is 0.990. The highest BCUT2D eigenvalue weighted by molar-refractivity contribution is 6.05. The Kier molecular flexibility index (Phi) is 4.88. The second kappa shape index (κ2) is 7.25. The molecule has 6 heteroatoms. The molecule has 2 amide bonds. The van der Waals surface area contributed by atoms with E-state index in [4.69, 9.17) is 9.47 Å². The highest BCUT2D eigenvalue weighted by Crippen LogP contribution is 2.34. The van der Waals surface area contributed by atoms with Crippen molar-refractivity contribution in [2.45, 2.75) is 13.8 Å². The molecule has 3 rings (SSSR count). The number of anilines is 1. The molecule has 0 aromatic heterocycles. The molecular weight excluding hydrogens is 320 g/mol. The fourth-order valence-electron chi connectivity index (χ4n) is 2.64. The minimum Gasteiger partial charge on any atom is -0.454 e. The van der Waals surface area contributed by atoms with Crippen LogP contribution in [0.5, 0.6) is 11.5 Å². The Balaban J connectivity index is 1.69. The summed E-state index contributed by atoms with van der Waals surface area (Å²) in [5.41, 5.74) is 1.68. The first-order valence-corrected chi connectivity index (χ1v) is 8.22. The second-order valence-electron chi connectivity index (χ2n) is 5.58. The van der Waals surface area contributed by atoms with Crippen molar-refractivity contribution >= 4 is 17.5 Å². The number of fused-ring (bicyclic) bond motifs is 1. The number of amides is 2. The van der Waals surface area contributed by atoms with E-state index in [0.717, 1.165) is 0 Å². The third kappa shape index (κ3) is 3.57. The third-order valence-corrected chi connectivity index (χ3v) is 4.08. The summed E-state index contributed by atoms with van der Waals surface area (Å²) >= 11 is 0. The van der Waals surface area contributed by atoms with Crippen molar-refractivity contribution in [1.29, 1.82) is 0 Å². The fraction of sp³-hybridized carbons (Fsp3) is 0.263. The van der Waals surface area contributed by atoms with Gasteiger partial charge in [-0.05, 0) is 50.2 Å². The average Bonchev–Trinajstić information content (AvgIpc) is 3.10. The van der Waals surface area contributed by atoms with Crippen molar-refractivity contribution in [1.82, 2.24) is 4.90 Å². The number of hydrogen-bond acceptors (Lipinski definition) is 4. The zero-order valence-corrected chi connectivity index (χ0v) is 14.2. The van der Waals surface area contributed by atoms with E-state index < -0.39 is 0 Å². The van der Waals surface area contributed by atoms with Crippen LogP contribution in [0.2, 0.25) is 0 Å². The Morgan fingerprint density at radius 3 is 2.28 bits per heavy atom. The monoisotopic (exact) mass is 340 g/mol. The molecule has 0 fully saturated rings. The van der Waals surface area contributed by atoms with E-state index in [1.54, 1.807) is 47.4 Å². The van der Waals surface area contributed by atoms with Gasteiger partial charge in [0.2, 0.25) is 6.79 Å². The first-order chi connectivity index (χ1) is 12.1. The van der Waals surface area contributed by atoms with Gasteiger partial charge in [0.05, 0.1) is 0 Å². The highest BCUT2D eigenvalue weighted by Gasteiger charge is 2.16. The Morgan fingerprint density at radius 2 is 1.60 bits per heavy atom. The van der Waals surface area contributed by atoms with Gasteiger partial charge < -0.3 is 19.7 Å². The van der Waals surface area contributed by atoms with Crippen LogP contribution in [-0.4, -0.2) is 36.6 Å². The quantitative estimate of drug-likeness (QED) is 0.908. The maximum absolute atomic E-state index is 12.4. The van der Waals surface area contributed by atoms with Crippen LogP contribution in [0.15, 0.2) is 42.5 Å². The minimum absolute atomic E-state index is 0.0345. The number of rotatable bonds is 5. The summed E-state index contributed by atoms with van der Waals surface area (Å²) in [7, 11) is 0. The predicted molar refractivity (Wildman–Crippen MR) is 94.2 cm³/mol. The van der Waals surface area contributed by atoms with Crippen LogP contribution in [0.3, 0.4) is 0 Å². The number of hydrogen-bond donors (Lipinski definition) is 1. The predicted octanol–water partition coefficient (Wildman–Crippen LogP) is 3.15. The summed E-state index contributed by atoms with van der Waals surface area (Å²) in [6.45, 7) is 5.38. The minimum atomic E-state index is -0.249. The number of nitrogens with one attached hydrogen (secondary N) is 1. The second-order valence-corrected chi connectivity index (χ2v) is 5.58. The summed E-state index contributed by atoms with van der Waals surface area (Å²) in [6, 6.07) is 11.9. The molecule has 0 radical (unpaired) electrons. The molecule has 0 saturated carbocycles. The zero-order chi connectivity index (χ0) is 17.8. The normalized spacial score (nSPS) is 11.9. The number of ether oxygens (including phenoxy) is 2. The fourth-order valence-corrected chi connectivity index (χ4v) is 2.64. The SMILES string of the molecule is CCN(CC)C(=O)c1ccc(C(=O)Nc2ccc3c(c2)OCO3)cc1. The Labute approximate surface area is 146 Å². The van der Waals surface area contributed by atoms with Crippen molar-refractivity contribution in [3.05, 3.63) is 53.6 Å². The molecule has 0 spiro atoms. The van der Waals surface area contributed by atoms with Gasteiger partial charge >= 0.3 is 0 Å². The lowest BCUT2D eigenvalue weighted by Crippen LogP contribution is -2.30. The Hall–Kier alpha value is -3.02. The largest absolute Gasteiger partial charge is 0.454 e. The van der Waals surface area contributed by atoms with Crippen LogP contribution < -0.4 is 14.8 Å². The van der Waals surface area contributed by atoms with E-state index >= 15 is 0 Å². The molecule has 6 nitrogen and oxygen atoms in total. The molecular formula is C19H20N2O4. The van der Waals surface area contributed by atoms with Crippen molar-refractivity contribution in [2.24, 2.45) is 0 Å². The van der Waals surface area contributed by atoms with Crippen LogP contribution in [0.4, 0.5) is 5.69 Å². The number of carbonyl (C=O) groups is 2. The van der Waals surface area contributed by atoms with Crippen molar-refractivity contribution in [3.8, 4) is 11.5 Å². The van der Waals surface area contributed by atoms with E-state index in [0.29, 0.717) is 41.4 Å². The molecule has 130 valence electrons. The van der Waals surface area contributed by atoms with Gasteiger partial charge in [0.25, 0.3) is 11.8 Å². The van der Waals surface area contributed by atoms with Gasteiger partial charge in [-0.3, -0.25) is 9.59 Å². The topological polar surface area (TPSA) is 67.9 Å². The van der Waals surface area contributed by atoms with Crippen molar-refractivity contribution in [3.63, 3.8) is 0 Å². The molecule has 0 bridgehead atoms. The molecule has 25 heavy (non-hydrogen) atoms. The first-order valence-electron chi connectivity index (χ1n) is 8.22. The van der Waals surface area contributed by atoms with Gasteiger partial charge in [-0.2, -0.15) is 0 Å². The standard InChI is InChI=1S/C19H20N2O4/c1-3-21(4-2)19(23)14-7-5-13(6-8-14)18(22)20-15-9-10-16-17(11-15)25-12-24-16/h5-11H,3-4,12H2,1-2H3,(H,20,22). The summed E-state index contributed by atoms with van der Waals surface area (Å²) in [4.78, 5) is 26.4. The van der Waals surface area contributed by atoms with Crippen LogP contribution in [-0.2, 0) is 0 Å². The maximum atomic E-state index is 12.4. The van der Waals surface area contributed by atoms with Gasteiger partial charge in [-0.1, -0.05) is 0 Å². The van der Waals surface area contributed by atoms with Gasteiger partial charge in [0, 0.05) is 36.0 Å².